The van der Waals surface area contributed by atoms with Crippen molar-refractivity contribution >= 4 is 22.8 Å². The van der Waals surface area contributed by atoms with E-state index in [2.05, 4.69) is 14.7 Å². The molecule has 0 aromatic carbocycles. The molecule has 0 fully saturated rings. The number of Topliss-reactive ketones (excluding diaryl/α,β-unsaturated/α-hetero) is 1. The van der Waals surface area contributed by atoms with Crippen molar-refractivity contribution < 1.29 is 14.3 Å². The van der Waals surface area contributed by atoms with Gasteiger partial charge in [-0.2, -0.15) is 0 Å². The number of hydrogen-bond donors (Lipinski definition) is 1. The molecule has 0 bridgehead atoms. The number of ether oxygens (including phenoxy) is 1. The lowest BCUT2D eigenvalue weighted by Gasteiger charge is -1.98. The molecular weight excluding hydrogens is 208 g/mol. The monoisotopic (exact) mass is 218 g/mol. The zero-order valence-corrected chi connectivity index (χ0v) is 8.90. The Kier molecular flexibility index (Phi) is 2.44. The van der Waals surface area contributed by atoms with E-state index in [-0.39, 0.29) is 5.78 Å². The van der Waals surface area contributed by atoms with Crippen LogP contribution in [0.5, 0.6) is 0 Å². The summed E-state index contributed by atoms with van der Waals surface area (Å²) in [4.78, 5) is 29.5. The Hall–Kier alpha value is -2.17. The molecule has 2 aromatic rings. The van der Waals surface area contributed by atoms with Crippen LogP contribution in [0, 0.1) is 0 Å². The first-order valence-corrected chi connectivity index (χ1v) is 4.70. The van der Waals surface area contributed by atoms with E-state index in [0.717, 1.165) is 0 Å². The van der Waals surface area contributed by atoms with E-state index in [0.29, 0.717) is 22.2 Å². The van der Waals surface area contributed by atoms with Crippen molar-refractivity contribution in [3.05, 3.63) is 29.6 Å². The van der Waals surface area contributed by atoms with Gasteiger partial charge >= 0.3 is 5.97 Å². The van der Waals surface area contributed by atoms with Crippen LogP contribution in [0.3, 0.4) is 0 Å². The van der Waals surface area contributed by atoms with Gasteiger partial charge in [0.05, 0.1) is 29.3 Å². The number of carbonyl (C=O) groups excluding carboxylic acids is 2. The highest BCUT2D eigenvalue weighted by Gasteiger charge is 2.12. The first-order valence-electron chi connectivity index (χ1n) is 4.70. The van der Waals surface area contributed by atoms with Gasteiger partial charge in [0.25, 0.3) is 0 Å². The molecule has 0 amide bonds. The second-order valence-corrected chi connectivity index (χ2v) is 3.37. The molecule has 0 aliphatic heterocycles. The molecule has 5 nitrogen and oxygen atoms in total. The second-order valence-electron chi connectivity index (χ2n) is 3.37. The largest absolute Gasteiger partial charge is 0.465 e. The fraction of sp³-hybridized carbons (Fsp3) is 0.182. The van der Waals surface area contributed by atoms with Gasteiger partial charge in [-0.3, -0.25) is 9.78 Å². The quantitative estimate of drug-likeness (QED) is 0.613. The van der Waals surface area contributed by atoms with Gasteiger partial charge < -0.3 is 9.72 Å². The SMILES string of the molecule is COC(=O)c1cnc2c(C(C)=O)c[nH]c2c1. The van der Waals surface area contributed by atoms with E-state index >= 15 is 0 Å². The minimum absolute atomic E-state index is 0.0652. The number of aromatic amines is 1. The number of hydrogen-bond acceptors (Lipinski definition) is 4. The average molecular weight is 218 g/mol. The third-order valence-electron chi connectivity index (χ3n) is 2.32. The van der Waals surface area contributed by atoms with Gasteiger partial charge in [-0.05, 0) is 13.0 Å². The lowest BCUT2D eigenvalue weighted by atomic mass is 10.2. The highest BCUT2D eigenvalue weighted by atomic mass is 16.5. The molecule has 1 N–H and O–H groups in total. The topological polar surface area (TPSA) is 72.0 Å². The summed E-state index contributed by atoms with van der Waals surface area (Å²) in [6.45, 7) is 1.47. The van der Waals surface area contributed by atoms with Gasteiger partial charge in [-0.25, -0.2) is 4.79 Å². The smallest absolute Gasteiger partial charge is 0.339 e. The fourth-order valence-corrected chi connectivity index (χ4v) is 1.51. The van der Waals surface area contributed by atoms with E-state index in [1.54, 1.807) is 12.3 Å². The van der Waals surface area contributed by atoms with Gasteiger partial charge in [0.2, 0.25) is 0 Å². The minimum atomic E-state index is -0.451. The van der Waals surface area contributed by atoms with Gasteiger partial charge in [-0.1, -0.05) is 0 Å². The van der Waals surface area contributed by atoms with E-state index in [4.69, 9.17) is 0 Å². The number of nitrogens with one attached hydrogen (secondary N) is 1. The van der Waals surface area contributed by atoms with Crippen molar-refractivity contribution in [1.29, 1.82) is 0 Å². The molecule has 0 unspecified atom stereocenters. The first kappa shape index (κ1) is 10.4. The normalized spacial score (nSPS) is 10.4. The van der Waals surface area contributed by atoms with Crippen molar-refractivity contribution in [1.82, 2.24) is 9.97 Å². The van der Waals surface area contributed by atoms with E-state index in [1.165, 1.54) is 20.2 Å². The molecule has 2 aromatic heterocycles. The van der Waals surface area contributed by atoms with E-state index < -0.39 is 5.97 Å². The Morgan fingerprint density at radius 1 is 1.44 bits per heavy atom. The lowest BCUT2D eigenvalue weighted by Crippen LogP contribution is -2.01. The Balaban J connectivity index is 2.57. The standard InChI is InChI=1S/C11H10N2O3/c1-6(14)8-5-12-9-3-7(11(15)16-2)4-13-10(8)9/h3-5,12H,1-2H3. The van der Waals surface area contributed by atoms with Crippen molar-refractivity contribution in [3.63, 3.8) is 0 Å². The molecule has 2 rings (SSSR count). The van der Waals surface area contributed by atoms with Crippen LogP contribution in [-0.2, 0) is 4.74 Å². The zero-order valence-electron chi connectivity index (χ0n) is 8.90. The molecule has 0 aliphatic carbocycles. The molecule has 0 saturated carbocycles. The van der Waals surface area contributed by atoms with Crippen LogP contribution >= 0.6 is 0 Å². The van der Waals surface area contributed by atoms with E-state index in [1.807, 2.05) is 0 Å². The molecule has 5 heteroatoms. The molecule has 0 saturated heterocycles. The number of pyridine rings is 1. The first-order chi connectivity index (χ1) is 7.63. The van der Waals surface area contributed by atoms with Crippen molar-refractivity contribution in [2.24, 2.45) is 0 Å². The zero-order chi connectivity index (χ0) is 11.7. The number of fused-ring (bicyclic) bond motifs is 1. The van der Waals surface area contributed by atoms with Crippen LogP contribution in [0.4, 0.5) is 0 Å². The summed E-state index contributed by atoms with van der Waals surface area (Å²) in [5, 5.41) is 0. The summed E-state index contributed by atoms with van der Waals surface area (Å²) >= 11 is 0. The van der Waals surface area contributed by atoms with Gasteiger partial charge in [0.15, 0.2) is 5.78 Å². The van der Waals surface area contributed by atoms with Crippen LogP contribution in [0.15, 0.2) is 18.5 Å². The summed E-state index contributed by atoms with van der Waals surface area (Å²) in [5.41, 5.74) is 2.09. The number of carbonyl (C=O) groups is 2. The predicted molar refractivity (Wildman–Crippen MR) is 57.4 cm³/mol. The van der Waals surface area contributed by atoms with Crippen LogP contribution in [0.1, 0.15) is 27.6 Å². The maximum atomic E-state index is 11.3. The summed E-state index contributed by atoms with van der Waals surface area (Å²) in [6.07, 6.45) is 2.98. The molecule has 0 aliphatic rings. The molecular formula is C11H10N2O3. The molecule has 0 radical (unpaired) electrons. The minimum Gasteiger partial charge on any atom is -0.465 e. The number of H-pyrrole nitrogens is 1. The Morgan fingerprint density at radius 3 is 2.81 bits per heavy atom. The number of nitrogens with zero attached hydrogens (tertiary/aromatic N) is 1. The number of esters is 1. The number of methoxy groups -OCH3 is 1. The van der Waals surface area contributed by atoms with Crippen LogP contribution in [0.25, 0.3) is 11.0 Å². The fourth-order valence-electron chi connectivity index (χ4n) is 1.51. The third-order valence-corrected chi connectivity index (χ3v) is 2.32. The Morgan fingerprint density at radius 2 is 2.19 bits per heavy atom. The van der Waals surface area contributed by atoms with Crippen LogP contribution < -0.4 is 0 Å². The molecule has 0 atom stereocenters. The number of rotatable bonds is 2. The summed E-state index contributed by atoms with van der Waals surface area (Å²) in [6, 6.07) is 1.61. The number of aromatic nitrogens is 2. The van der Waals surface area contributed by atoms with Crippen molar-refractivity contribution in [3.8, 4) is 0 Å². The molecule has 16 heavy (non-hydrogen) atoms. The molecule has 0 spiro atoms. The van der Waals surface area contributed by atoms with E-state index in [9.17, 15) is 9.59 Å². The maximum absolute atomic E-state index is 11.3. The maximum Gasteiger partial charge on any atom is 0.339 e. The van der Waals surface area contributed by atoms with Gasteiger partial charge in [-0.15, -0.1) is 0 Å². The summed E-state index contributed by atoms with van der Waals surface area (Å²) in [5.74, 6) is -0.516. The Labute approximate surface area is 91.4 Å². The van der Waals surface area contributed by atoms with Crippen LogP contribution in [0.2, 0.25) is 0 Å². The average Bonchev–Trinajstić information content (AvgIpc) is 2.70. The third kappa shape index (κ3) is 1.56. The highest BCUT2D eigenvalue weighted by molar-refractivity contribution is 6.06. The van der Waals surface area contributed by atoms with Gasteiger partial charge in [0.1, 0.15) is 0 Å². The van der Waals surface area contributed by atoms with Crippen molar-refractivity contribution in [2.45, 2.75) is 6.92 Å². The second kappa shape index (κ2) is 3.77. The lowest BCUT2D eigenvalue weighted by molar-refractivity contribution is 0.0600. The summed E-state index contributed by atoms with van der Waals surface area (Å²) in [7, 11) is 1.31. The Bertz CT molecular complexity index is 572. The molecule has 82 valence electrons. The number of ketones is 1. The van der Waals surface area contributed by atoms with Crippen molar-refractivity contribution in [2.75, 3.05) is 7.11 Å². The highest BCUT2D eigenvalue weighted by Crippen LogP contribution is 2.17. The predicted octanol–water partition coefficient (Wildman–Crippen LogP) is 1.55. The van der Waals surface area contributed by atoms with Crippen LogP contribution in [-0.4, -0.2) is 28.8 Å². The van der Waals surface area contributed by atoms with Gasteiger partial charge in [0, 0.05) is 12.4 Å². The summed E-state index contributed by atoms with van der Waals surface area (Å²) < 4.78 is 4.58. The molecule has 2 heterocycles.